The summed E-state index contributed by atoms with van der Waals surface area (Å²) in [6.45, 7) is 0.330. The van der Waals surface area contributed by atoms with Gasteiger partial charge in [-0.25, -0.2) is 18.4 Å². The van der Waals surface area contributed by atoms with Crippen molar-refractivity contribution in [3.05, 3.63) is 66.2 Å². The van der Waals surface area contributed by atoms with Crippen molar-refractivity contribution < 1.29 is 17.9 Å². The summed E-state index contributed by atoms with van der Waals surface area (Å²) in [4.78, 5) is 21.3. The number of fused-ring (bicyclic) bond motifs is 1. The molecule has 4 aromatic rings. The number of imidazole rings is 1. The van der Waals surface area contributed by atoms with Crippen LogP contribution in [0.15, 0.2) is 59.8 Å². The number of hydrogen-bond acceptors (Lipinski definition) is 7. The largest absolute Gasteiger partial charge is 0.486 e. The molecule has 0 saturated carbocycles. The third-order valence-corrected chi connectivity index (χ3v) is 6.46. The van der Waals surface area contributed by atoms with Crippen LogP contribution in [0.25, 0.3) is 10.2 Å². The van der Waals surface area contributed by atoms with Crippen molar-refractivity contribution in [3.8, 4) is 5.75 Å². The molecule has 0 aliphatic heterocycles. The SMILES string of the molecule is Cn1ccnc1COc1ccc(C(=O)Nc2nc3ccc(S(C)(=O)=O)cc3s2)cc1. The number of rotatable bonds is 6. The molecule has 0 bridgehead atoms. The molecule has 0 atom stereocenters. The molecule has 1 N–H and O–H groups in total. The Morgan fingerprint density at radius 2 is 1.97 bits per heavy atom. The molecule has 8 nitrogen and oxygen atoms in total. The highest BCUT2D eigenvalue weighted by Gasteiger charge is 2.13. The quantitative estimate of drug-likeness (QED) is 0.492. The fourth-order valence-electron chi connectivity index (χ4n) is 2.74. The maximum atomic E-state index is 12.5. The lowest BCUT2D eigenvalue weighted by Crippen LogP contribution is -2.11. The summed E-state index contributed by atoms with van der Waals surface area (Å²) in [5.74, 6) is 1.11. The normalized spacial score (nSPS) is 11.5. The van der Waals surface area contributed by atoms with E-state index in [1.54, 1.807) is 42.6 Å². The molecule has 30 heavy (non-hydrogen) atoms. The number of benzene rings is 2. The Kier molecular flexibility index (Phi) is 5.27. The number of ether oxygens (including phenoxy) is 1. The fraction of sp³-hybridized carbons (Fsp3) is 0.150. The third-order valence-electron chi connectivity index (χ3n) is 4.41. The number of carbonyl (C=O) groups is 1. The predicted octanol–water partition coefficient (Wildman–Crippen LogP) is 3.26. The van der Waals surface area contributed by atoms with Crippen LogP contribution in [0.2, 0.25) is 0 Å². The summed E-state index contributed by atoms with van der Waals surface area (Å²) < 4.78 is 31.7. The minimum Gasteiger partial charge on any atom is -0.486 e. The van der Waals surface area contributed by atoms with Crippen molar-refractivity contribution in [1.82, 2.24) is 14.5 Å². The van der Waals surface area contributed by atoms with E-state index in [0.717, 1.165) is 12.1 Å². The summed E-state index contributed by atoms with van der Waals surface area (Å²) in [5.41, 5.74) is 1.08. The van der Waals surface area contributed by atoms with Crippen LogP contribution in [0, 0.1) is 0 Å². The summed E-state index contributed by atoms with van der Waals surface area (Å²) in [6, 6.07) is 11.5. The Hall–Kier alpha value is -3.24. The average molecular weight is 443 g/mol. The Morgan fingerprint density at radius 1 is 1.20 bits per heavy atom. The molecule has 4 rings (SSSR count). The number of aromatic nitrogens is 3. The van der Waals surface area contributed by atoms with Crippen LogP contribution in [0.1, 0.15) is 16.2 Å². The van der Waals surface area contributed by atoms with Gasteiger partial charge >= 0.3 is 0 Å². The van der Waals surface area contributed by atoms with Crippen LogP contribution in [-0.2, 0) is 23.5 Å². The van der Waals surface area contributed by atoms with Gasteiger partial charge in [0.2, 0.25) is 0 Å². The lowest BCUT2D eigenvalue weighted by Gasteiger charge is -2.07. The van der Waals surface area contributed by atoms with E-state index in [-0.39, 0.29) is 10.8 Å². The standard InChI is InChI=1S/C20H18N4O4S2/c1-24-10-9-21-18(24)12-28-14-5-3-13(4-6-14)19(25)23-20-22-16-8-7-15(30(2,26)27)11-17(16)29-20/h3-11H,12H2,1-2H3,(H,22,23,25). The van der Waals surface area contributed by atoms with Crippen molar-refractivity contribution >= 4 is 42.4 Å². The lowest BCUT2D eigenvalue weighted by molar-refractivity contribution is 0.102. The molecular weight excluding hydrogens is 424 g/mol. The minimum atomic E-state index is -3.30. The highest BCUT2D eigenvalue weighted by molar-refractivity contribution is 7.90. The topological polar surface area (TPSA) is 103 Å². The number of sulfone groups is 1. The van der Waals surface area contributed by atoms with E-state index in [1.165, 1.54) is 17.4 Å². The first kappa shape index (κ1) is 20.0. The number of aryl methyl sites for hydroxylation is 1. The number of hydrogen-bond donors (Lipinski definition) is 1. The van der Waals surface area contributed by atoms with E-state index in [1.807, 2.05) is 17.8 Å². The zero-order chi connectivity index (χ0) is 21.3. The van der Waals surface area contributed by atoms with Crippen LogP contribution in [-0.4, -0.2) is 35.1 Å². The fourth-order valence-corrected chi connectivity index (χ4v) is 4.37. The van der Waals surface area contributed by atoms with Gasteiger partial charge in [0, 0.05) is 31.3 Å². The minimum absolute atomic E-state index is 0.220. The number of thiazole rings is 1. The number of nitrogens with one attached hydrogen (secondary N) is 1. The van der Waals surface area contributed by atoms with Gasteiger partial charge in [0.25, 0.3) is 5.91 Å². The maximum Gasteiger partial charge on any atom is 0.257 e. The van der Waals surface area contributed by atoms with Gasteiger partial charge in [0.1, 0.15) is 18.2 Å². The molecule has 0 radical (unpaired) electrons. The highest BCUT2D eigenvalue weighted by atomic mass is 32.2. The van der Waals surface area contributed by atoms with Crippen molar-refractivity contribution in [2.24, 2.45) is 7.05 Å². The van der Waals surface area contributed by atoms with Crippen LogP contribution in [0.3, 0.4) is 0 Å². The van der Waals surface area contributed by atoms with E-state index in [9.17, 15) is 13.2 Å². The molecule has 0 aliphatic carbocycles. The summed E-state index contributed by atoms with van der Waals surface area (Å²) in [5, 5.41) is 3.15. The molecule has 2 aromatic carbocycles. The molecule has 0 aliphatic rings. The summed E-state index contributed by atoms with van der Waals surface area (Å²) >= 11 is 1.22. The van der Waals surface area contributed by atoms with Crippen molar-refractivity contribution in [2.75, 3.05) is 11.6 Å². The Labute approximate surface area is 177 Å². The maximum absolute atomic E-state index is 12.5. The van der Waals surface area contributed by atoms with Crippen molar-refractivity contribution in [2.45, 2.75) is 11.5 Å². The van der Waals surface area contributed by atoms with Crippen LogP contribution in [0.4, 0.5) is 5.13 Å². The van der Waals surface area contributed by atoms with Gasteiger partial charge in [-0.15, -0.1) is 0 Å². The van der Waals surface area contributed by atoms with Gasteiger partial charge in [-0.2, -0.15) is 0 Å². The monoisotopic (exact) mass is 442 g/mol. The smallest absolute Gasteiger partial charge is 0.257 e. The highest BCUT2D eigenvalue weighted by Crippen LogP contribution is 2.28. The molecule has 0 saturated heterocycles. The van der Waals surface area contributed by atoms with Gasteiger partial charge < -0.3 is 9.30 Å². The van der Waals surface area contributed by atoms with E-state index in [0.29, 0.717) is 33.3 Å². The second-order valence-corrected chi connectivity index (χ2v) is 9.69. The predicted molar refractivity (Wildman–Crippen MR) is 115 cm³/mol. The van der Waals surface area contributed by atoms with E-state index >= 15 is 0 Å². The van der Waals surface area contributed by atoms with Crippen LogP contribution < -0.4 is 10.1 Å². The second-order valence-electron chi connectivity index (χ2n) is 6.64. The van der Waals surface area contributed by atoms with Crippen molar-refractivity contribution in [3.63, 3.8) is 0 Å². The number of carbonyl (C=O) groups excluding carboxylic acids is 1. The van der Waals surface area contributed by atoms with Gasteiger partial charge in [-0.3, -0.25) is 10.1 Å². The molecule has 154 valence electrons. The van der Waals surface area contributed by atoms with Crippen molar-refractivity contribution in [1.29, 1.82) is 0 Å². The summed E-state index contributed by atoms with van der Waals surface area (Å²) in [6.07, 6.45) is 4.70. The van der Waals surface area contributed by atoms with E-state index in [4.69, 9.17) is 4.74 Å². The average Bonchev–Trinajstić information content (AvgIpc) is 3.30. The van der Waals surface area contributed by atoms with Gasteiger partial charge in [-0.05, 0) is 42.5 Å². The molecule has 10 heteroatoms. The van der Waals surface area contributed by atoms with Gasteiger partial charge in [-0.1, -0.05) is 11.3 Å². The first-order valence-corrected chi connectivity index (χ1v) is 11.6. The molecule has 1 amide bonds. The molecular formula is C20H18N4O4S2. The molecule has 2 heterocycles. The number of anilines is 1. The Morgan fingerprint density at radius 3 is 2.63 bits per heavy atom. The zero-order valence-electron chi connectivity index (χ0n) is 16.2. The first-order chi connectivity index (χ1) is 14.3. The second kappa shape index (κ2) is 7.88. The van der Waals surface area contributed by atoms with Crippen LogP contribution in [0.5, 0.6) is 5.75 Å². The molecule has 0 unspecified atom stereocenters. The number of amides is 1. The first-order valence-electron chi connectivity index (χ1n) is 8.91. The summed E-state index contributed by atoms with van der Waals surface area (Å²) in [7, 11) is -1.41. The Bertz CT molecular complexity index is 1320. The lowest BCUT2D eigenvalue weighted by atomic mass is 10.2. The van der Waals surface area contributed by atoms with E-state index in [2.05, 4.69) is 15.3 Å². The van der Waals surface area contributed by atoms with Gasteiger partial charge in [0.15, 0.2) is 15.0 Å². The third kappa shape index (κ3) is 4.34. The zero-order valence-corrected chi connectivity index (χ0v) is 17.8. The van der Waals surface area contributed by atoms with E-state index < -0.39 is 9.84 Å². The molecule has 0 fully saturated rings. The molecule has 2 aromatic heterocycles. The van der Waals surface area contributed by atoms with Gasteiger partial charge in [0.05, 0.1) is 15.1 Å². The van der Waals surface area contributed by atoms with Crippen LogP contribution >= 0.6 is 11.3 Å². The Balaban J connectivity index is 1.44. The molecule has 0 spiro atoms. The number of nitrogens with zero attached hydrogens (tertiary/aromatic N) is 3.